The molecule has 1 fully saturated rings. The number of furan rings is 1. The smallest absolute Gasteiger partial charge is 0.273 e. The molecule has 2 aromatic heterocycles. The quantitative estimate of drug-likeness (QED) is 0.598. The van der Waals surface area contributed by atoms with Gasteiger partial charge >= 0.3 is 0 Å². The number of amides is 1. The highest BCUT2D eigenvalue weighted by Crippen LogP contribution is 2.25. The fraction of sp³-hybridized carbons (Fsp3) is 0.391. The first-order valence-electron chi connectivity index (χ1n) is 10.5. The number of carbonyl (C=O) groups excluding carboxylic acids is 1. The summed E-state index contributed by atoms with van der Waals surface area (Å²) in [6, 6.07) is 13.0. The molecule has 1 saturated heterocycles. The predicted octanol–water partition coefficient (Wildman–Crippen LogP) is 4.29. The third kappa shape index (κ3) is 4.74. The Morgan fingerprint density at radius 1 is 1.20 bits per heavy atom. The lowest BCUT2D eigenvalue weighted by Crippen LogP contribution is -2.40. The maximum atomic E-state index is 12.7. The second-order valence-electron chi connectivity index (χ2n) is 7.37. The van der Waals surface area contributed by atoms with Crippen molar-refractivity contribution in [2.24, 2.45) is 0 Å². The van der Waals surface area contributed by atoms with Crippen LogP contribution in [-0.4, -0.2) is 42.2 Å². The van der Waals surface area contributed by atoms with E-state index in [2.05, 4.69) is 15.4 Å². The molecule has 7 nitrogen and oxygen atoms in total. The fourth-order valence-corrected chi connectivity index (χ4v) is 3.80. The number of ether oxygens (including phenoxy) is 1. The fourth-order valence-electron chi connectivity index (χ4n) is 3.80. The van der Waals surface area contributed by atoms with Gasteiger partial charge in [0, 0.05) is 18.2 Å². The molecule has 7 heteroatoms. The summed E-state index contributed by atoms with van der Waals surface area (Å²) in [5.74, 6) is 1.94. The first kappa shape index (κ1) is 20.2. The Bertz CT molecular complexity index is 928. The number of nitrogens with zero attached hydrogens (tertiary/aromatic N) is 2. The van der Waals surface area contributed by atoms with Crippen LogP contribution in [0.5, 0.6) is 5.75 Å². The molecular weight excluding hydrogens is 382 g/mol. The van der Waals surface area contributed by atoms with E-state index < -0.39 is 0 Å². The zero-order valence-corrected chi connectivity index (χ0v) is 17.2. The normalized spacial score (nSPS) is 15.6. The van der Waals surface area contributed by atoms with Gasteiger partial charge in [0.15, 0.2) is 11.5 Å². The van der Waals surface area contributed by atoms with Crippen molar-refractivity contribution in [3.05, 3.63) is 60.2 Å². The van der Waals surface area contributed by atoms with Gasteiger partial charge in [-0.3, -0.25) is 9.69 Å². The molecule has 158 valence electrons. The molecular formula is C23H27N3O4. The lowest BCUT2D eigenvalue weighted by Gasteiger charge is -2.33. The van der Waals surface area contributed by atoms with Crippen molar-refractivity contribution in [3.8, 4) is 17.1 Å². The number of hydrogen-bond acceptors (Lipinski definition) is 6. The number of benzene rings is 1. The molecule has 1 amide bonds. The highest BCUT2D eigenvalue weighted by molar-refractivity contribution is 5.93. The minimum Gasteiger partial charge on any atom is -0.494 e. The summed E-state index contributed by atoms with van der Waals surface area (Å²) in [6.45, 7) is 5.02. The molecule has 1 aromatic carbocycles. The summed E-state index contributed by atoms with van der Waals surface area (Å²) in [5, 5.41) is 6.94. The van der Waals surface area contributed by atoms with Gasteiger partial charge in [-0.05, 0) is 69.3 Å². The second kappa shape index (κ2) is 9.63. The van der Waals surface area contributed by atoms with E-state index in [-0.39, 0.29) is 17.6 Å². The van der Waals surface area contributed by atoms with Crippen LogP contribution in [0.3, 0.4) is 0 Å². The Morgan fingerprint density at radius 2 is 2.00 bits per heavy atom. The third-order valence-electron chi connectivity index (χ3n) is 5.35. The van der Waals surface area contributed by atoms with Gasteiger partial charge in [0.25, 0.3) is 5.91 Å². The van der Waals surface area contributed by atoms with Crippen molar-refractivity contribution in [3.63, 3.8) is 0 Å². The van der Waals surface area contributed by atoms with Gasteiger partial charge in [-0.2, -0.15) is 0 Å². The minimum atomic E-state index is -0.260. The third-order valence-corrected chi connectivity index (χ3v) is 5.35. The summed E-state index contributed by atoms with van der Waals surface area (Å²) in [6.07, 6.45) is 5.26. The van der Waals surface area contributed by atoms with Gasteiger partial charge in [-0.15, -0.1) is 0 Å². The van der Waals surface area contributed by atoms with Crippen molar-refractivity contribution in [1.29, 1.82) is 0 Å². The summed E-state index contributed by atoms with van der Waals surface area (Å²) in [7, 11) is 0. The van der Waals surface area contributed by atoms with Gasteiger partial charge in [0.05, 0.1) is 18.9 Å². The van der Waals surface area contributed by atoms with Crippen molar-refractivity contribution in [2.75, 3.05) is 26.2 Å². The number of likely N-dealkylation sites (tertiary alicyclic amines) is 1. The van der Waals surface area contributed by atoms with E-state index in [0.717, 1.165) is 30.2 Å². The van der Waals surface area contributed by atoms with Gasteiger partial charge in [0.2, 0.25) is 0 Å². The standard InChI is InChI=1S/C23H27N3O4/c1-2-28-18-10-8-17(9-11-18)22-15-19(25-30-22)23(27)24-16-20(21-7-6-14-29-21)26-12-4-3-5-13-26/h6-11,14-15,20H,2-5,12-13,16H2,1H3,(H,24,27)/t20-/m1/s1. The zero-order chi connectivity index (χ0) is 20.8. The van der Waals surface area contributed by atoms with Crippen molar-refractivity contribution < 1.29 is 18.5 Å². The van der Waals surface area contributed by atoms with Crippen LogP contribution in [0.25, 0.3) is 11.3 Å². The Hall–Kier alpha value is -3.06. The molecule has 0 spiro atoms. The molecule has 3 aromatic rings. The van der Waals surface area contributed by atoms with Crippen LogP contribution in [0.2, 0.25) is 0 Å². The van der Waals surface area contributed by atoms with Gasteiger partial charge in [-0.25, -0.2) is 0 Å². The predicted molar refractivity (Wildman–Crippen MR) is 112 cm³/mol. The zero-order valence-electron chi connectivity index (χ0n) is 17.2. The first-order valence-corrected chi connectivity index (χ1v) is 10.5. The Balaban J connectivity index is 1.40. The van der Waals surface area contributed by atoms with Crippen LogP contribution in [0.4, 0.5) is 0 Å². The largest absolute Gasteiger partial charge is 0.494 e. The molecule has 30 heavy (non-hydrogen) atoms. The number of nitrogens with one attached hydrogen (secondary N) is 1. The van der Waals surface area contributed by atoms with Crippen LogP contribution in [0, 0.1) is 0 Å². The molecule has 0 bridgehead atoms. The molecule has 0 saturated carbocycles. The molecule has 1 aliphatic rings. The Kier molecular flexibility index (Phi) is 6.49. The van der Waals surface area contributed by atoms with Gasteiger partial charge in [-0.1, -0.05) is 11.6 Å². The van der Waals surface area contributed by atoms with Crippen LogP contribution in [0.15, 0.2) is 57.7 Å². The Morgan fingerprint density at radius 3 is 2.70 bits per heavy atom. The average Bonchev–Trinajstić information content (AvgIpc) is 3.48. The summed E-state index contributed by atoms with van der Waals surface area (Å²) >= 11 is 0. The van der Waals surface area contributed by atoms with E-state index in [1.165, 1.54) is 19.3 Å². The van der Waals surface area contributed by atoms with E-state index in [1.54, 1.807) is 12.3 Å². The van der Waals surface area contributed by atoms with Crippen LogP contribution in [0.1, 0.15) is 48.5 Å². The van der Waals surface area contributed by atoms with Gasteiger partial charge < -0.3 is 19.0 Å². The summed E-state index contributed by atoms with van der Waals surface area (Å²) in [5.41, 5.74) is 1.10. The summed E-state index contributed by atoms with van der Waals surface area (Å²) < 4.78 is 16.5. The molecule has 0 radical (unpaired) electrons. The number of aromatic nitrogens is 1. The lowest BCUT2D eigenvalue weighted by atomic mass is 10.1. The molecule has 3 heterocycles. The first-order chi connectivity index (χ1) is 14.7. The molecule has 0 aliphatic carbocycles. The van der Waals surface area contributed by atoms with E-state index in [1.807, 2.05) is 43.3 Å². The number of hydrogen-bond donors (Lipinski definition) is 1. The van der Waals surface area contributed by atoms with Crippen LogP contribution < -0.4 is 10.1 Å². The maximum Gasteiger partial charge on any atom is 0.273 e. The highest BCUT2D eigenvalue weighted by atomic mass is 16.5. The molecule has 1 atom stereocenters. The molecule has 1 aliphatic heterocycles. The SMILES string of the molecule is CCOc1ccc(-c2cc(C(=O)NC[C@H](c3ccco3)N3CCCCC3)no2)cc1. The van der Waals surface area contributed by atoms with E-state index in [4.69, 9.17) is 13.7 Å². The van der Waals surface area contributed by atoms with Gasteiger partial charge in [0.1, 0.15) is 11.5 Å². The minimum absolute atomic E-state index is 0.0155. The lowest BCUT2D eigenvalue weighted by molar-refractivity contribution is 0.0905. The van der Waals surface area contributed by atoms with Crippen LogP contribution >= 0.6 is 0 Å². The molecule has 4 rings (SSSR count). The van der Waals surface area contributed by atoms with Crippen LogP contribution in [-0.2, 0) is 0 Å². The topological polar surface area (TPSA) is 80.7 Å². The summed E-state index contributed by atoms with van der Waals surface area (Å²) in [4.78, 5) is 15.1. The number of piperidine rings is 1. The van der Waals surface area contributed by atoms with Crippen molar-refractivity contribution >= 4 is 5.91 Å². The monoisotopic (exact) mass is 409 g/mol. The van der Waals surface area contributed by atoms with E-state index in [0.29, 0.717) is 18.9 Å². The second-order valence-corrected chi connectivity index (χ2v) is 7.37. The maximum absolute atomic E-state index is 12.7. The average molecular weight is 409 g/mol. The molecule has 1 N–H and O–H groups in total. The van der Waals surface area contributed by atoms with Crippen molar-refractivity contribution in [1.82, 2.24) is 15.4 Å². The number of carbonyl (C=O) groups is 1. The van der Waals surface area contributed by atoms with E-state index >= 15 is 0 Å². The Labute approximate surface area is 176 Å². The van der Waals surface area contributed by atoms with Crippen molar-refractivity contribution in [2.45, 2.75) is 32.2 Å². The number of rotatable bonds is 8. The highest BCUT2D eigenvalue weighted by Gasteiger charge is 2.25. The van der Waals surface area contributed by atoms with E-state index in [9.17, 15) is 4.79 Å². The molecule has 0 unspecified atom stereocenters.